The Morgan fingerprint density at radius 3 is 1.27 bits per heavy atom. The summed E-state index contributed by atoms with van der Waals surface area (Å²) in [5.74, 6) is 2.44. The molecule has 4 nitrogen and oxygen atoms in total. The summed E-state index contributed by atoms with van der Waals surface area (Å²) in [6.45, 7) is 21.6. The van der Waals surface area contributed by atoms with Crippen molar-refractivity contribution in [3.63, 3.8) is 0 Å². The van der Waals surface area contributed by atoms with Gasteiger partial charge in [0.25, 0.3) is 11.4 Å². The fraction of sp³-hybridized carbons (Fsp3) is 1.00. The predicted molar refractivity (Wildman–Crippen MR) is 156 cm³/mol. The highest BCUT2D eigenvalue weighted by Gasteiger charge is 2.34. The van der Waals surface area contributed by atoms with E-state index in [1.807, 2.05) is 0 Å². The topological polar surface area (TPSA) is 36.9 Å². The number of hydrogen-bond acceptors (Lipinski definition) is 7. The summed E-state index contributed by atoms with van der Waals surface area (Å²) < 4.78 is 25.2. The molecule has 0 aromatic heterocycles. The molecule has 0 fully saturated rings. The van der Waals surface area contributed by atoms with E-state index < -0.39 is 11.4 Å². The van der Waals surface area contributed by atoms with E-state index >= 15 is 0 Å². The second-order valence-electron chi connectivity index (χ2n) is 10.6. The first kappa shape index (κ1) is 34.5. The maximum absolute atomic E-state index is 6.41. The Morgan fingerprint density at radius 2 is 0.939 bits per heavy atom. The van der Waals surface area contributed by atoms with Crippen molar-refractivity contribution in [1.82, 2.24) is 0 Å². The highest BCUT2D eigenvalue weighted by molar-refractivity contribution is 8.96. The van der Waals surface area contributed by atoms with E-state index in [0.717, 1.165) is 44.9 Å². The highest BCUT2D eigenvalue weighted by atomic mass is 33.2. The second-order valence-corrected chi connectivity index (χ2v) is 22.7. The van der Waals surface area contributed by atoms with Crippen molar-refractivity contribution in [3.05, 3.63) is 0 Å². The van der Waals surface area contributed by atoms with Crippen LogP contribution >= 0.6 is 22.4 Å². The molecule has 0 aliphatic rings. The molecule has 0 aliphatic heterocycles. The molecule has 0 rings (SSSR count). The summed E-state index contributed by atoms with van der Waals surface area (Å²) in [4.78, 5) is 0. The molecule has 200 valence electrons. The molecular weight excluding hydrogens is 510 g/mol. The van der Waals surface area contributed by atoms with Gasteiger partial charge in [-0.25, -0.2) is 0 Å². The minimum atomic E-state index is -2.70. The third-order valence-corrected chi connectivity index (χ3v) is 18.2. The Balaban J connectivity index is 5.36. The molecule has 0 saturated heterocycles. The van der Waals surface area contributed by atoms with E-state index in [2.05, 4.69) is 62.3 Å². The van der Waals surface area contributed by atoms with Gasteiger partial charge in [-0.05, 0) is 99.2 Å². The molecule has 0 amide bonds. The van der Waals surface area contributed by atoms with E-state index in [-0.39, 0.29) is 6.10 Å². The lowest BCUT2D eigenvalue weighted by Gasteiger charge is -2.30. The van der Waals surface area contributed by atoms with E-state index in [4.69, 9.17) is 41.7 Å². The van der Waals surface area contributed by atoms with Crippen molar-refractivity contribution in [1.29, 1.82) is 0 Å². The smallest absolute Gasteiger partial charge is 0.256 e. The van der Waals surface area contributed by atoms with Gasteiger partial charge in [0.1, 0.15) is 0 Å². The molecule has 2 atom stereocenters. The molecule has 0 heterocycles. The van der Waals surface area contributed by atoms with Crippen LogP contribution in [0.2, 0.25) is 0 Å². The SMILES string of the molecule is CC(C)CCCOP(=S)(OCCCC(C)C)SP(=S)(OCCCC(C)C)OC(C)CC(C)C. The summed E-state index contributed by atoms with van der Waals surface area (Å²) in [5, 5.41) is 0. The third kappa shape index (κ3) is 20.3. The van der Waals surface area contributed by atoms with Crippen LogP contribution in [0.25, 0.3) is 0 Å². The summed E-state index contributed by atoms with van der Waals surface area (Å²) in [6, 6.07) is 0. The van der Waals surface area contributed by atoms with Gasteiger partial charge in [-0.2, -0.15) is 0 Å². The number of hydrogen-bond donors (Lipinski definition) is 0. The molecule has 0 radical (unpaired) electrons. The van der Waals surface area contributed by atoms with Gasteiger partial charge in [-0.15, -0.1) is 0 Å². The fourth-order valence-corrected chi connectivity index (χ4v) is 18.6. The second kappa shape index (κ2) is 18.7. The van der Waals surface area contributed by atoms with Crippen molar-refractivity contribution >= 4 is 46.0 Å². The molecule has 0 aromatic carbocycles. The summed E-state index contributed by atoms with van der Waals surface area (Å²) in [7, 11) is 0. The zero-order chi connectivity index (χ0) is 25.5. The maximum atomic E-state index is 6.41. The lowest BCUT2D eigenvalue weighted by molar-refractivity contribution is 0.177. The third-order valence-electron chi connectivity index (χ3n) is 4.84. The Hall–Kier alpha value is 1.49. The maximum Gasteiger partial charge on any atom is 0.256 e. The quantitative estimate of drug-likeness (QED) is 0.102. The first-order chi connectivity index (χ1) is 15.3. The highest BCUT2D eigenvalue weighted by Crippen LogP contribution is 2.80. The fourth-order valence-electron chi connectivity index (χ4n) is 3.21. The van der Waals surface area contributed by atoms with Gasteiger partial charge in [0.05, 0.1) is 25.9 Å². The van der Waals surface area contributed by atoms with Crippen LogP contribution in [0.5, 0.6) is 0 Å². The molecule has 0 aromatic rings. The molecule has 0 spiro atoms. The standard InChI is InChI=1S/C24H52O4P2S3/c1-20(2)13-10-16-25-29(31,26-17-11-14-21(3)4)33-30(32,27-18-12-15-22(5)6)28-24(9)19-23(7)8/h20-24H,10-19H2,1-9H3. The largest absolute Gasteiger partial charge is 0.321 e. The van der Waals surface area contributed by atoms with Gasteiger partial charge >= 0.3 is 0 Å². The molecule has 0 saturated carbocycles. The minimum Gasteiger partial charge on any atom is -0.321 e. The van der Waals surface area contributed by atoms with Crippen LogP contribution in [0.3, 0.4) is 0 Å². The van der Waals surface area contributed by atoms with Crippen molar-refractivity contribution in [3.8, 4) is 0 Å². The molecule has 33 heavy (non-hydrogen) atoms. The van der Waals surface area contributed by atoms with Crippen LogP contribution in [0, 0.1) is 23.7 Å². The van der Waals surface area contributed by atoms with Crippen molar-refractivity contribution in [2.45, 2.75) is 113 Å². The monoisotopic (exact) mass is 562 g/mol. The average molecular weight is 563 g/mol. The first-order valence-corrected chi connectivity index (χ1v) is 20.1. The molecular formula is C24H52O4P2S3. The summed E-state index contributed by atoms with van der Waals surface area (Å²) in [5.41, 5.74) is -5.38. The van der Waals surface area contributed by atoms with Gasteiger partial charge in [-0.1, -0.05) is 55.4 Å². The first-order valence-electron chi connectivity index (χ1n) is 12.8. The Kier molecular flexibility index (Phi) is 19.5. The van der Waals surface area contributed by atoms with Crippen molar-refractivity contribution in [2.24, 2.45) is 23.7 Å². The van der Waals surface area contributed by atoms with E-state index in [0.29, 0.717) is 43.5 Å². The van der Waals surface area contributed by atoms with Crippen LogP contribution in [0.1, 0.15) is 107 Å². The normalized spacial score (nSPS) is 15.7. The van der Waals surface area contributed by atoms with Crippen LogP contribution in [0.4, 0.5) is 0 Å². The zero-order valence-electron chi connectivity index (χ0n) is 22.7. The van der Waals surface area contributed by atoms with Crippen molar-refractivity contribution < 1.29 is 18.1 Å². The van der Waals surface area contributed by atoms with Gasteiger partial charge in [-0.3, -0.25) is 0 Å². The van der Waals surface area contributed by atoms with Gasteiger partial charge < -0.3 is 18.1 Å². The van der Waals surface area contributed by atoms with Crippen molar-refractivity contribution in [2.75, 3.05) is 19.8 Å². The van der Waals surface area contributed by atoms with E-state index in [9.17, 15) is 0 Å². The van der Waals surface area contributed by atoms with Gasteiger partial charge in [0.2, 0.25) is 0 Å². The van der Waals surface area contributed by atoms with Crippen LogP contribution in [0.15, 0.2) is 0 Å². The van der Waals surface area contributed by atoms with Gasteiger partial charge in [0.15, 0.2) is 0 Å². The minimum absolute atomic E-state index is 0.0127. The van der Waals surface area contributed by atoms with E-state index in [1.165, 1.54) is 11.0 Å². The predicted octanol–water partition coefficient (Wildman–Crippen LogP) is 9.98. The van der Waals surface area contributed by atoms with Gasteiger partial charge in [0, 0.05) is 11.0 Å². The molecule has 0 aliphatic carbocycles. The Labute approximate surface area is 220 Å². The van der Waals surface area contributed by atoms with Crippen LogP contribution in [-0.4, -0.2) is 25.9 Å². The lowest BCUT2D eigenvalue weighted by Crippen LogP contribution is -2.11. The zero-order valence-corrected chi connectivity index (χ0v) is 26.9. The average Bonchev–Trinajstić information content (AvgIpc) is 2.65. The van der Waals surface area contributed by atoms with Crippen LogP contribution in [-0.2, 0) is 41.7 Å². The Morgan fingerprint density at radius 1 is 0.576 bits per heavy atom. The summed E-state index contributed by atoms with van der Waals surface area (Å²) in [6.07, 6.45) is 7.16. The number of rotatable bonds is 21. The van der Waals surface area contributed by atoms with Crippen LogP contribution < -0.4 is 0 Å². The summed E-state index contributed by atoms with van der Waals surface area (Å²) >= 11 is 13.4. The van der Waals surface area contributed by atoms with E-state index in [1.54, 1.807) is 0 Å². The Bertz CT molecular complexity index is 566. The molecule has 0 N–H and O–H groups in total. The molecule has 9 heteroatoms. The molecule has 2 unspecified atom stereocenters. The lowest BCUT2D eigenvalue weighted by atomic mass is 10.1. The molecule has 0 bridgehead atoms.